The molecule has 0 unspecified atom stereocenters. The molecule has 1 aliphatic heterocycles. The molecule has 0 N–H and O–H groups in total. The average molecular weight is 416 g/mol. The number of fused-ring (bicyclic) bond motifs is 1. The van der Waals surface area contributed by atoms with Gasteiger partial charge in [-0.1, -0.05) is 18.2 Å². The zero-order valence-corrected chi connectivity index (χ0v) is 17.3. The van der Waals surface area contributed by atoms with Gasteiger partial charge >= 0.3 is 5.97 Å². The molecule has 1 saturated heterocycles. The maximum Gasteiger partial charge on any atom is 0.339 e. The van der Waals surface area contributed by atoms with Crippen LogP contribution in [-0.2, 0) is 19.4 Å². The number of amides is 1. The van der Waals surface area contributed by atoms with E-state index in [-0.39, 0.29) is 17.5 Å². The Bertz CT molecular complexity index is 1080. The number of carbonyl (C=O) groups is 2. The number of hydrogen-bond acceptors (Lipinski definition) is 6. The summed E-state index contributed by atoms with van der Waals surface area (Å²) in [6, 6.07) is 8.78. The largest absolute Gasteiger partial charge is 0.449 e. The smallest absolute Gasteiger partial charge is 0.339 e. The van der Waals surface area contributed by atoms with Crippen molar-refractivity contribution in [1.82, 2.24) is 9.88 Å². The quantitative estimate of drug-likeness (QED) is 0.695. The lowest BCUT2D eigenvalue weighted by Crippen LogP contribution is -2.44. The van der Waals surface area contributed by atoms with Crippen LogP contribution in [0.15, 0.2) is 30.3 Å². The summed E-state index contributed by atoms with van der Waals surface area (Å²) >= 11 is 0. The number of para-hydroxylation sites is 1. The molecule has 154 valence electrons. The second kappa shape index (κ2) is 7.40. The van der Waals surface area contributed by atoms with Crippen LogP contribution in [0.1, 0.15) is 48.2 Å². The number of esters is 1. The van der Waals surface area contributed by atoms with E-state index in [0.29, 0.717) is 23.3 Å². The minimum Gasteiger partial charge on any atom is -0.449 e. The summed E-state index contributed by atoms with van der Waals surface area (Å²) in [7, 11) is -1.54. The Balaban J connectivity index is 1.52. The molecule has 2 aliphatic rings. The normalized spacial score (nSPS) is 21.7. The molecule has 2 fully saturated rings. The molecule has 1 amide bonds. The van der Waals surface area contributed by atoms with Gasteiger partial charge in [0.1, 0.15) is 0 Å². The maximum absolute atomic E-state index is 12.9. The van der Waals surface area contributed by atoms with E-state index in [2.05, 4.69) is 4.98 Å². The zero-order chi connectivity index (χ0) is 20.8. The number of carbonyl (C=O) groups excluding carboxylic acids is 2. The van der Waals surface area contributed by atoms with Crippen molar-refractivity contribution in [2.75, 3.05) is 18.6 Å². The van der Waals surface area contributed by atoms with Crippen molar-refractivity contribution in [2.24, 2.45) is 0 Å². The molecule has 1 aliphatic carbocycles. The lowest BCUT2D eigenvalue weighted by molar-refractivity contribution is -0.140. The van der Waals surface area contributed by atoms with Crippen molar-refractivity contribution >= 4 is 32.6 Å². The van der Waals surface area contributed by atoms with Gasteiger partial charge in [-0.05, 0) is 38.3 Å². The number of likely N-dealkylation sites (N-methyl/N-ethyl adjacent to an activating group) is 1. The van der Waals surface area contributed by atoms with E-state index in [4.69, 9.17) is 4.74 Å². The minimum atomic E-state index is -3.11. The third-order valence-corrected chi connectivity index (χ3v) is 7.44. The molecule has 7 nitrogen and oxygen atoms in total. The lowest BCUT2D eigenvalue weighted by atomic mass is 10.1. The van der Waals surface area contributed by atoms with Gasteiger partial charge in [0.25, 0.3) is 5.91 Å². The molecule has 0 radical (unpaired) electrons. The topological polar surface area (TPSA) is 93.6 Å². The Kier molecular flexibility index (Phi) is 5.06. The van der Waals surface area contributed by atoms with E-state index in [1.54, 1.807) is 13.1 Å². The molecule has 2 atom stereocenters. The van der Waals surface area contributed by atoms with Gasteiger partial charge in [0.15, 0.2) is 15.9 Å². The predicted octanol–water partition coefficient (Wildman–Crippen LogP) is 2.30. The molecule has 1 saturated carbocycles. The van der Waals surface area contributed by atoms with Crippen LogP contribution in [0.3, 0.4) is 0 Å². The Morgan fingerprint density at radius 2 is 1.93 bits per heavy atom. The Morgan fingerprint density at radius 1 is 1.21 bits per heavy atom. The van der Waals surface area contributed by atoms with E-state index in [9.17, 15) is 18.0 Å². The number of nitrogens with zero attached hydrogens (tertiary/aromatic N) is 2. The number of hydrogen-bond donors (Lipinski definition) is 0. The molecule has 4 rings (SSSR count). The average Bonchev–Trinajstić information content (AvgIpc) is 3.48. The fraction of sp³-hybridized carbons (Fsp3) is 0.476. The van der Waals surface area contributed by atoms with Gasteiger partial charge in [-0.3, -0.25) is 9.78 Å². The van der Waals surface area contributed by atoms with E-state index in [1.165, 1.54) is 11.8 Å². The number of pyridine rings is 1. The molecule has 2 heterocycles. The van der Waals surface area contributed by atoms with Gasteiger partial charge in [-0.25, -0.2) is 13.2 Å². The molecular weight excluding hydrogens is 392 g/mol. The number of sulfone groups is 1. The summed E-state index contributed by atoms with van der Waals surface area (Å²) in [6.07, 6.45) is 1.52. The number of aromatic nitrogens is 1. The first-order chi connectivity index (χ1) is 13.7. The first-order valence-corrected chi connectivity index (χ1v) is 11.6. The number of rotatable bonds is 5. The van der Waals surface area contributed by atoms with Crippen LogP contribution in [0, 0.1) is 0 Å². The third kappa shape index (κ3) is 4.12. The van der Waals surface area contributed by atoms with E-state index < -0.39 is 27.8 Å². The Hall–Kier alpha value is -2.48. The second-order valence-corrected chi connectivity index (χ2v) is 10.2. The first kappa shape index (κ1) is 19.8. The Morgan fingerprint density at radius 3 is 2.59 bits per heavy atom. The fourth-order valence-corrected chi connectivity index (χ4v) is 5.55. The van der Waals surface area contributed by atoms with Crippen LogP contribution < -0.4 is 0 Å². The fourth-order valence-electron chi connectivity index (χ4n) is 3.78. The van der Waals surface area contributed by atoms with Crippen molar-refractivity contribution in [3.63, 3.8) is 0 Å². The van der Waals surface area contributed by atoms with Gasteiger partial charge in [-0.2, -0.15) is 0 Å². The second-order valence-electron chi connectivity index (χ2n) is 7.94. The molecule has 1 aromatic heterocycles. The summed E-state index contributed by atoms with van der Waals surface area (Å²) in [5, 5.41) is 0.691. The number of ether oxygens (including phenoxy) is 1. The standard InChI is InChI=1S/C21H24N2O5S/c1-13(20(24)23(2)15-9-10-29(26,27)12-15)28-21(25)17-11-19(14-7-8-14)22-18-6-4-3-5-16(17)18/h3-6,11,13-15H,7-10,12H2,1-2H3/t13-,15-/m0/s1. The highest BCUT2D eigenvalue weighted by atomic mass is 32.2. The summed E-state index contributed by atoms with van der Waals surface area (Å²) in [5.74, 6) is -0.563. The van der Waals surface area contributed by atoms with E-state index in [0.717, 1.165) is 24.1 Å². The Labute approximate surface area is 170 Å². The SMILES string of the molecule is C[C@H](OC(=O)c1cc(C2CC2)nc2ccccc12)C(=O)N(C)[C@H]1CCS(=O)(=O)C1. The lowest BCUT2D eigenvalue weighted by Gasteiger charge is -2.26. The highest BCUT2D eigenvalue weighted by Gasteiger charge is 2.35. The maximum atomic E-state index is 12.9. The van der Waals surface area contributed by atoms with Gasteiger partial charge < -0.3 is 9.64 Å². The zero-order valence-electron chi connectivity index (χ0n) is 16.5. The molecule has 0 spiro atoms. The van der Waals surface area contributed by atoms with Crippen LogP contribution in [-0.4, -0.2) is 60.9 Å². The van der Waals surface area contributed by atoms with Crippen LogP contribution in [0.25, 0.3) is 10.9 Å². The molecule has 0 bridgehead atoms. The van der Waals surface area contributed by atoms with Gasteiger partial charge in [0, 0.05) is 30.1 Å². The molecular formula is C21H24N2O5S. The molecule has 8 heteroatoms. The summed E-state index contributed by atoms with van der Waals surface area (Å²) in [5.41, 5.74) is 2.02. The minimum absolute atomic E-state index is 0.0460. The summed E-state index contributed by atoms with van der Waals surface area (Å²) in [6.45, 7) is 1.52. The predicted molar refractivity (Wildman–Crippen MR) is 108 cm³/mol. The van der Waals surface area contributed by atoms with Crippen LogP contribution in [0.4, 0.5) is 0 Å². The van der Waals surface area contributed by atoms with Crippen molar-refractivity contribution < 1.29 is 22.7 Å². The van der Waals surface area contributed by atoms with E-state index in [1.807, 2.05) is 24.3 Å². The first-order valence-electron chi connectivity index (χ1n) is 9.83. The number of benzene rings is 1. The molecule has 29 heavy (non-hydrogen) atoms. The van der Waals surface area contributed by atoms with Crippen LogP contribution >= 0.6 is 0 Å². The highest BCUT2D eigenvalue weighted by Crippen LogP contribution is 2.40. The van der Waals surface area contributed by atoms with Crippen molar-refractivity contribution in [1.29, 1.82) is 0 Å². The summed E-state index contributed by atoms with van der Waals surface area (Å²) in [4.78, 5) is 31.6. The van der Waals surface area contributed by atoms with Crippen LogP contribution in [0.5, 0.6) is 0 Å². The molecule has 1 aromatic carbocycles. The van der Waals surface area contributed by atoms with Gasteiger partial charge in [0.05, 0.1) is 22.6 Å². The van der Waals surface area contributed by atoms with Crippen molar-refractivity contribution in [2.45, 2.75) is 44.2 Å². The van der Waals surface area contributed by atoms with Crippen molar-refractivity contribution in [3.05, 3.63) is 41.6 Å². The monoisotopic (exact) mass is 416 g/mol. The highest BCUT2D eigenvalue weighted by molar-refractivity contribution is 7.91. The van der Waals surface area contributed by atoms with Crippen LogP contribution in [0.2, 0.25) is 0 Å². The summed E-state index contributed by atoms with van der Waals surface area (Å²) < 4.78 is 28.9. The third-order valence-electron chi connectivity index (χ3n) is 5.69. The van der Waals surface area contributed by atoms with Gasteiger partial charge in [-0.15, -0.1) is 0 Å². The van der Waals surface area contributed by atoms with Crippen molar-refractivity contribution in [3.8, 4) is 0 Å². The molecule has 2 aromatic rings. The van der Waals surface area contributed by atoms with Gasteiger partial charge in [0.2, 0.25) is 0 Å². The van der Waals surface area contributed by atoms with E-state index >= 15 is 0 Å².